The van der Waals surface area contributed by atoms with Crippen LogP contribution in [0.3, 0.4) is 0 Å². The predicted octanol–water partition coefficient (Wildman–Crippen LogP) is 2.42. The second kappa shape index (κ2) is 9.48. The normalized spacial score (nSPS) is 11.5. The highest BCUT2D eigenvalue weighted by Crippen LogP contribution is 2.41. The van der Waals surface area contributed by atoms with Gasteiger partial charge in [-0.2, -0.15) is 9.50 Å². The molecular formula is C23H23N3O7S. The van der Waals surface area contributed by atoms with E-state index in [1.54, 1.807) is 30.3 Å². The van der Waals surface area contributed by atoms with Gasteiger partial charge >= 0.3 is 0 Å². The van der Waals surface area contributed by atoms with Crippen molar-refractivity contribution in [2.45, 2.75) is 0 Å². The Hall–Kier alpha value is -3.99. The molecule has 0 N–H and O–H groups in total. The molecular weight excluding hydrogens is 462 g/mol. The summed E-state index contributed by atoms with van der Waals surface area (Å²) in [7, 11) is 9.19. The number of hydrogen-bond donors (Lipinski definition) is 0. The van der Waals surface area contributed by atoms with E-state index in [4.69, 9.17) is 28.4 Å². The van der Waals surface area contributed by atoms with Gasteiger partial charge in [0, 0.05) is 5.56 Å². The standard InChI is InChI=1S/C23H23N3O7S/c1-28-14-7-12(8-15(29-2)19(14)32-5)9-18-22(27)26-23(34-18)24-21(25-26)13-10-16(30-3)20(33-6)17(11-13)31-4/h7-11H,1-6H3. The highest BCUT2D eigenvalue weighted by molar-refractivity contribution is 7.15. The first-order valence-electron chi connectivity index (χ1n) is 9.99. The molecule has 0 fully saturated rings. The van der Waals surface area contributed by atoms with E-state index in [-0.39, 0.29) is 5.56 Å². The molecule has 2 heterocycles. The summed E-state index contributed by atoms with van der Waals surface area (Å²) in [4.78, 5) is 18.0. The van der Waals surface area contributed by atoms with Gasteiger partial charge in [-0.05, 0) is 35.9 Å². The maximum absolute atomic E-state index is 13.0. The van der Waals surface area contributed by atoms with Crippen LogP contribution in [0, 0.1) is 0 Å². The number of nitrogens with zero attached hydrogens (tertiary/aromatic N) is 3. The van der Waals surface area contributed by atoms with Crippen LogP contribution in [0.4, 0.5) is 0 Å². The topological polar surface area (TPSA) is 103 Å². The van der Waals surface area contributed by atoms with Gasteiger partial charge in [-0.25, -0.2) is 0 Å². The van der Waals surface area contributed by atoms with Crippen molar-refractivity contribution in [3.63, 3.8) is 0 Å². The zero-order valence-electron chi connectivity index (χ0n) is 19.5. The van der Waals surface area contributed by atoms with Crippen LogP contribution in [0.15, 0.2) is 29.1 Å². The first kappa shape index (κ1) is 23.2. The zero-order valence-corrected chi connectivity index (χ0v) is 20.3. The molecule has 0 radical (unpaired) electrons. The molecule has 178 valence electrons. The molecule has 0 saturated carbocycles. The van der Waals surface area contributed by atoms with E-state index in [0.717, 1.165) is 0 Å². The molecule has 0 amide bonds. The molecule has 10 nitrogen and oxygen atoms in total. The Morgan fingerprint density at radius 2 is 1.26 bits per heavy atom. The van der Waals surface area contributed by atoms with Crippen LogP contribution < -0.4 is 38.5 Å². The number of rotatable bonds is 8. The molecule has 11 heteroatoms. The Balaban J connectivity index is 1.80. The van der Waals surface area contributed by atoms with Crippen LogP contribution in [-0.4, -0.2) is 57.3 Å². The molecule has 2 aromatic carbocycles. The fourth-order valence-electron chi connectivity index (χ4n) is 3.50. The summed E-state index contributed by atoms with van der Waals surface area (Å²) >= 11 is 1.22. The van der Waals surface area contributed by atoms with E-state index in [9.17, 15) is 4.79 Å². The number of thiazole rings is 1. The third-order valence-corrected chi connectivity index (χ3v) is 6.05. The molecule has 0 bridgehead atoms. The molecule has 34 heavy (non-hydrogen) atoms. The summed E-state index contributed by atoms with van der Waals surface area (Å²) in [5, 5.41) is 4.41. The van der Waals surface area contributed by atoms with Crippen molar-refractivity contribution in [1.29, 1.82) is 0 Å². The zero-order chi connectivity index (χ0) is 24.4. The van der Waals surface area contributed by atoms with Crippen molar-refractivity contribution in [3.05, 3.63) is 44.7 Å². The number of aromatic nitrogens is 3. The Bertz CT molecular complexity index is 1410. The highest BCUT2D eigenvalue weighted by Gasteiger charge is 2.18. The quantitative estimate of drug-likeness (QED) is 0.372. The van der Waals surface area contributed by atoms with Gasteiger partial charge < -0.3 is 28.4 Å². The van der Waals surface area contributed by atoms with Gasteiger partial charge in [-0.3, -0.25) is 4.79 Å². The van der Waals surface area contributed by atoms with Crippen LogP contribution >= 0.6 is 11.3 Å². The van der Waals surface area contributed by atoms with Crippen molar-refractivity contribution in [3.8, 4) is 45.9 Å². The summed E-state index contributed by atoms with van der Waals surface area (Å²) < 4.78 is 34.0. The van der Waals surface area contributed by atoms with Gasteiger partial charge in [-0.1, -0.05) is 11.3 Å². The smallest absolute Gasteiger partial charge is 0.291 e. The van der Waals surface area contributed by atoms with Gasteiger partial charge in [-0.15, -0.1) is 5.10 Å². The van der Waals surface area contributed by atoms with E-state index in [0.29, 0.717) is 60.9 Å². The van der Waals surface area contributed by atoms with Crippen molar-refractivity contribution < 1.29 is 28.4 Å². The lowest BCUT2D eigenvalue weighted by Crippen LogP contribution is -2.23. The number of benzene rings is 2. The van der Waals surface area contributed by atoms with Crippen molar-refractivity contribution >= 4 is 22.4 Å². The molecule has 2 aromatic heterocycles. The molecule has 4 aromatic rings. The fourth-order valence-corrected chi connectivity index (χ4v) is 4.41. The monoisotopic (exact) mass is 485 g/mol. The van der Waals surface area contributed by atoms with E-state index in [1.807, 2.05) is 0 Å². The SMILES string of the molecule is COc1cc(C=c2sc3nc(-c4cc(OC)c(OC)c(OC)c4)nn3c2=O)cc(OC)c1OC. The lowest BCUT2D eigenvalue weighted by molar-refractivity contribution is 0.324. The summed E-state index contributed by atoms with van der Waals surface area (Å²) in [6, 6.07) is 6.98. The van der Waals surface area contributed by atoms with Crippen LogP contribution in [0.2, 0.25) is 0 Å². The predicted molar refractivity (Wildman–Crippen MR) is 127 cm³/mol. The van der Waals surface area contributed by atoms with E-state index >= 15 is 0 Å². The lowest BCUT2D eigenvalue weighted by Gasteiger charge is -2.12. The fraction of sp³-hybridized carbons (Fsp3) is 0.261. The minimum Gasteiger partial charge on any atom is -0.493 e. The Morgan fingerprint density at radius 3 is 1.71 bits per heavy atom. The molecule has 4 rings (SSSR count). The average molecular weight is 486 g/mol. The Morgan fingerprint density at radius 1 is 0.765 bits per heavy atom. The van der Waals surface area contributed by atoms with Gasteiger partial charge in [0.1, 0.15) is 0 Å². The minimum absolute atomic E-state index is 0.292. The molecule has 0 unspecified atom stereocenters. The Kier molecular flexibility index (Phi) is 6.46. The maximum Gasteiger partial charge on any atom is 0.291 e. The third kappa shape index (κ3) is 3.94. The molecule has 0 aliphatic heterocycles. The second-order valence-electron chi connectivity index (χ2n) is 6.92. The third-order valence-electron chi connectivity index (χ3n) is 5.09. The van der Waals surface area contributed by atoms with Gasteiger partial charge in [0.15, 0.2) is 28.8 Å². The first-order chi connectivity index (χ1) is 16.5. The summed E-state index contributed by atoms with van der Waals surface area (Å²) in [5.41, 5.74) is 1.04. The van der Waals surface area contributed by atoms with Crippen LogP contribution in [0.1, 0.15) is 5.56 Å². The van der Waals surface area contributed by atoms with Gasteiger partial charge in [0.25, 0.3) is 5.56 Å². The molecule has 0 aliphatic carbocycles. The average Bonchev–Trinajstić information content (AvgIpc) is 3.41. The molecule has 0 atom stereocenters. The van der Waals surface area contributed by atoms with Crippen molar-refractivity contribution in [2.75, 3.05) is 42.7 Å². The van der Waals surface area contributed by atoms with Gasteiger partial charge in [0.2, 0.25) is 16.5 Å². The minimum atomic E-state index is -0.292. The lowest BCUT2D eigenvalue weighted by atomic mass is 10.1. The van der Waals surface area contributed by atoms with Crippen LogP contribution in [-0.2, 0) is 0 Å². The first-order valence-corrected chi connectivity index (χ1v) is 10.8. The summed E-state index contributed by atoms with van der Waals surface area (Å²) in [6.45, 7) is 0. The van der Waals surface area contributed by atoms with Gasteiger partial charge in [0.05, 0.1) is 47.2 Å². The maximum atomic E-state index is 13.0. The number of ether oxygens (including phenoxy) is 6. The molecule has 0 aliphatic rings. The molecule has 0 spiro atoms. The van der Waals surface area contributed by atoms with E-state index < -0.39 is 0 Å². The molecule has 0 saturated heterocycles. The van der Waals surface area contributed by atoms with E-state index in [1.165, 1.54) is 58.5 Å². The summed E-state index contributed by atoms with van der Waals surface area (Å²) in [5.74, 6) is 3.21. The Labute approximate surface area is 198 Å². The largest absolute Gasteiger partial charge is 0.493 e. The van der Waals surface area contributed by atoms with E-state index in [2.05, 4.69) is 10.1 Å². The second-order valence-corrected chi connectivity index (χ2v) is 7.93. The number of hydrogen-bond acceptors (Lipinski definition) is 10. The highest BCUT2D eigenvalue weighted by atomic mass is 32.1. The number of methoxy groups -OCH3 is 6. The number of fused-ring (bicyclic) bond motifs is 1. The van der Waals surface area contributed by atoms with Crippen LogP contribution in [0.5, 0.6) is 34.5 Å². The van der Waals surface area contributed by atoms with Crippen LogP contribution in [0.25, 0.3) is 22.4 Å². The summed E-state index contributed by atoms with van der Waals surface area (Å²) in [6.07, 6.45) is 1.73. The van der Waals surface area contributed by atoms with Crippen molar-refractivity contribution in [1.82, 2.24) is 14.6 Å². The van der Waals surface area contributed by atoms with Crippen molar-refractivity contribution in [2.24, 2.45) is 0 Å².